The number of carbonyl (C=O) groups excluding carboxylic acids is 1. The Hall–Kier alpha value is -1.44. The number of hydrogen-bond donors (Lipinski definition) is 1. The van der Waals surface area contributed by atoms with Crippen LogP contribution in [0.3, 0.4) is 0 Å². The summed E-state index contributed by atoms with van der Waals surface area (Å²) in [5.41, 5.74) is 0.450. The molecule has 1 aromatic rings. The summed E-state index contributed by atoms with van der Waals surface area (Å²) in [7, 11) is -1.08. The Morgan fingerprint density at radius 2 is 1.89 bits per heavy atom. The minimum atomic E-state index is -3.66. The molecule has 1 amide bonds. The molecule has 0 saturated heterocycles. The van der Waals surface area contributed by atoms with E-state index in [9.17, 15) is 13.2 Å². The van der Waals surface area contributed by atoms with Crippen molar-refractivity contribution in [1.29, 1.82) is 0 Å². The summed E-state index contributed by atoms with van der Waals surface area (Å²) in [4.78, 5) is 16.5. The molecule has 7 heteroatoms. The molecule has 1 saturated carbocycles. The Morgan fingerprint density at radius 3 is 2.37 bits per heavy atom. The second-order valence-electron chi connectivity index (χ2n) is 4.37. The van der Waals surface area contributed by atoms with E-state index in [1.807, 2.05) is 0 Å². The van der Waals surface area contributed by atoms with Gasteiger partial charge in [0, 0.05) is 18.7 Å². The monoisotopic (exact) mass is 284 g/mol. The highest BCUT2D eigenvalue weighted by Gasteiger charge is 2.24. The molecule has 0 atom stereocenters. The highest BCUT2D eigenvalue weighted by atomic mass is 32.2. The molecule has 0 aromatic heterocycles. The fraction of sp³-hybridized carbons (Fsp3) is 0.417. The maximum atomic E-state index is 11.9. The molecule has 19 heavy (non-hydrogen) atoms. The van der Waals surface area contributed by atoms with Gasteiger partial charge in [-0.25, -0.2) is 8.42 Å². The third-order valence-electron chi connectivity index (χ3n) is 2.92. The van der Waals surface area contributed by atoms with E-state index >= 15 is 0 Å². The first-order chi connectivity index (χ1) is 8.95. The number of sulfonamides is 1. The lowest BCUT2D eigenvalue weighted by molar-refractivity contribution is -0.0258. The second kappa shape index (κ2) is 5.28. The molecular formula is C12H16N2O4S. The molecule has 0 heterocycles. The van der Waals surface area contributed by atoms with Gasteiger partial charge in [-0.15, -0.1) is 0 Å². The lowest BCUT2D eigenvalue weighted by Gasteiger charge is -2.14. The molecule has 6 nitrogen and oxygen atoms in total. The first-order valence-electron chi connectivity index (χ1n) is 5.89. The van der Waals surface area contributed by atoms with Crippen LogP contribution < -0.4 is 5.32 Å². The van der Waals surface area contributed by atoms with Gasteiger partial charge >= 0.3 is 0 Å². The van der Waals surface area contributed by atoms with E-state index in [0.29, 0.717) is 5.56 Å². The van der Waals surface area contributed by atoms with Gasteiger partial charge in [-0.1, -0.05) is 4.47 Å². The number of hydrogen-bond acceptors (Lipinski definition) is 4. The highest BCUT2D eigenvalue weighted by Crippen LogP contribution is 2.20. The maximum Gasteiger partial charge on any atom is 0.264 e. The van der Waals surface area contributed by atoms with Gasteiger partial charge in [0.15, 0.2) is 0 Å². The number of nitrogens with zero attached hydrogens (tertiary/aromatic N) is 1. The lowest BCUT2D eigenvalue weighted by atomic mass is 10.2. The van der Waals surface area contributed by atoms with Gasteiger partial charge in [0.1, 0.15) is 0 Å². The maximum absolute atomic E-state index is 11.9. The van der Waals surface area contributed by atoms with Crippen LogP contribution in [0.2, 0.25) is 0 Å². The van der Waals surface area contributed by atoms with Crippen LogP contribution in [0.1, 0.15) is 23.2 Å². The molecule has 1 aromatic carbocycles. The second-order valence-corrected chi connectivity index (χ2v) is 6.31. The van der Waals surface area contributed by atoms with Crippen molar-refractivity contribution in [2.24, 2.45) is 0 Å². The molecule has 1 aliphatic rings. The predicted octanol–water partition coefficient (Wildman–Crippen LogP) is 0.761. The van der Waals surface area contributed by atoms with Crippen LogP contribution in [0.4, 0.5) is 0 Å². The van der Waals surface area contributed by atoms with E-state index < -0.39 is 10.0 Å². The van der Waals surface area contributed by atoms with Crippen molar-refractivity contribution >= 4 is 15.9 Å². The van der Waals surface area contributed by atoms with Crippen LogP contribution in [0.5, 0.6) is 0 Å². The van der Waals surface area contributed by atoms with Crippen LogP contribution in [-0.4, -0.2) is 39.0 Å². The van der Waals surface area contributed by atoms with Crippen molar-refractivity contribution in [3.8, 4) is 0 Å². The SMILES string of the molecule is CON(C)S(=O)(=O)c1ccc(C(=O)NC2CC2)cc1. The summed E-state index contributed by atoms with van der Waals surface area (Å²) in [6, 6.07) is 6.05. The summed E-state index contributed by atoms with van der Waals surface area (Å²) in [6.45, 7) is 0. The average Bonchev–Trinajstić information content (AvgIpc) is 3.21. The zero-order valence-electron chi connectivity index (χ0n) is 10.8. The lowest BCUT2D eigenvalue weighted by Crippen LogP contribution is -2.27. The number of hydroxylamine groups is 1. The van der Waals surface area contributed by atoms with Crippen LogP contribution in [0.15, 0.2) is 29.2 Å². The van der Waals surface area contributed by atoms with Crippen LogP contribution in [-0.2, 0) is 14.9 Å². The number of amides is 1. The Morgan fingerprint density at radius 1 is 1.32 bits per heavy atom. The Bertz CT molecular complexity index is 564. The largest absolute Gasteiger partial charge is 0.349 e. The Balaban J connectivity index is 2.15. The van der Waals surface area contributed by atoms with Crippen LogP contribution in [0, 0.1) is 0 Å². The molecule has 2 rings (SSSR count). The normalized spacial score (nSPS) is 15.5. The van der Waals surface area contributed by atoms with Gasteiger partial charge in [0.05, 0.1) is 12.0 Å². The molecule has 1 N–H and O–H groups in total. The van der Waals surface area contributed by atoms with Gasteiger partial charge in [0.2, 0.25) is 0 Å². The zero-order chi connectivity index (χ0) is 14.0. The Kier molecular flexibility index (Phi) is 3.88. The van der Waals surface area contributed by atoms with E-state index in [4.69, 9.17) is 0 Å². The van der Waals surface area contributed by atoms with Crippen molar-refractivity contribution in [2.75, 3.05) is 14.2 Å². The summed E-state index contributed by atoms with van der Waals surface area (Å²) < 4.78 is 24.6. The molecule has 104 valence electrons. The molecule has 0 aliphatic heterocycles. The number of benzene rings is 1. The standard InChI is InChI=1S/C12H16N2O4S/c1-14(18-2)19(16,17)11-7-3-9(4-8-11)12(15)13-10-5-6-10/h3-4,7-8,10H,5-6H2,1-2H3,(H,13,15). The topological polar surface area (TPSA) is 75.7 Å². The third-order valence-corrected chi connectivity index (χ3v) is 4.62. The molecule has 0 spiro atoms. The van der Waals surface area contributed by atoms with Gasteiger partial charge in [-0.3, -0.25) is 9.63 Å². The van der Waals surface area contributed by atoms with E-state index in [1.165, 1.54) is 38.4 Å². The first kappa shape index (κ1) is 14.0. The number of carbonyl (C=O) groups is 1. The van der Waals surface area contributed by atoms with Crippen molar-refractivity contribution in [2.45, 2.75) is 23.8 Å². The van der Waals surface area contributed by atoms with Gasteiger partial charge in [0.25, 0.3) is 15.9 Å². The van der Waals surface area contributed by atoms with Crippen molar-refractivity contribution in [3.63, 3.8) is 0 Å². The molecule has 1 aliphatic carbocycles. The van der Waals surface area contributed by atoms with E-state index in [-0.39, 0.29) is 16.8 Å². The quantitative estimate of drug-likeness (QED) is 0.810. The molecule has 0 bridgehead atoms. The summed E-state index contributed by atoms with van der Waals surface area (Å²) >= 11 is 0. The Labute approximate surface area is 112 Å². The molecule has 1 fully saturated rings. The van der Waals surface area contributed by atoms with Crippen LogP contribution >= 0.6 is 0 Å². The summed E-state index contributed by atoms with van der Waals surface area (Å²) in [5.74, 6) is -0.174. The number of nitrogens with one attached hydrogen (secondary N) is 1. The third kappa shape index (κ3) is 3.12. The van der Waals surface area contributed by atoms with E-state index in [2.05, 4.69) is 10.2 Å². The molecule has 0 unspecified atom stereocenters. The van der Waals surface area contributed by atoms with Crippen molar-refractivity contribution < 1.29 is 18.0 Å². The van der Waals surface area contributed by atoms with Crippen molar-refractivity contribution in [1.82, 2.24) is 9.79 Å². The predicted molar refractivity (Wildman–Crippen MR) is 68.9 cm³/mol. The van der Waals surface area contributed by atoms with Gasteiger partial charge < -0.3 is 5.32 Å². The highest BCUT2D eigenvalue weighted by molar-refractivity contribution is 7.89. The zero-order valence-corrected chi connectivity index (χ0v) is 11.6. The molecule has 0 radical (unpaired) electrons. The fourth-order valence-corrected chi connectivity index (χ4v) is 2.49. The van der Waals surface area contributed by atoms with Crippen molar-refractivity contribution in [3.05, 3.63) is 29.8 Å². The average molecular weight is 284 g/mol. The number of rotatable bonds is 5. The minimum absolute atomic E-state index is 0.0832. The van der Waals surface area contributed by atoms with E-state index in [1.54, 1.807) is 0 Å². The van der Waals surface area contributed by atoms with Gasteiger partial charge in [-0.05, 0) is 37.1 Å². The smallest absolute Gasteiger partial charge is 0.264 e. The fourth-order valence-electron chi connectivity index (χ4n) is 1.52. The van der Waals surface area contributed by atoms with E-state index in [0.717, 1.165) is 17.3 Å². The van der Waals surface area contributed by atoms with Gasteiger partial charge in [-0.2, -0.15) is 0 Å². The first-order valence-corrected chi connectivity index (χ1v) is 7.33. The minimum Gasteiger partial charge on any atom is -0.349 e. The summed E-state index contributed by atoms with van der Waals surface area (Å²) in [6.07, 6.45) is 2.02. The summed E-state index contributed by atoms with van der Waals surface area (Å²) in [5, 5.41) is 2.84. The van der Waals surface area contributed by atoms with Crippen LogP contribution in [0.25, 0.3) is 0 Å². The molecular weight excluding hydrogens is 268 g/mol.